The number of amides is 1. The molecule has 3 rings (SSSR count). The molecule has 6 heteroatoms. The van der Waals surface area contributed by atoms with Gasteiger partial charge in [0.2, 0.25) is 0 Å². The van der Waals surface area contributed by atoms with E-state index in [2.05, 4.69) is 28.0 Å². The SMILES string of the molecule is CC1CC(CN)CN1C(=O)c1ccn(-c2cccc(Br)c2)n1. The molecule has 2 aromatic rings. The summed E-state index contributed by atoms with van der Waals surface area (Å²) in [6, 6.07) is 9.80. The second kappa shape index (κ2) is 6.22. The van der Waals surface area contributed by atoms with E-state index >= 15 is 0 Å². The summed E-state index contributed by atoms with van der Waals surface area (Å²) in [4.78, 5) is 14.5. The van der Waals surface area contributed by atoms with Crippen molar-refractivity contribution in [1.82, 2.24) is 14.7 Å². The number of nitrogens with zero attached hydrogens (tertiary/aromatic N) is 3. The van der Waals surface area contributed by atoms with Gasteiger partial charge in [0, 0.05) is 23.3 Å². The first kappa shape index (κ1) is 15.2. The van der Waals surface area contributed by atoms with Gasteiger partial charge in [-0.1, -0.05) is 22.0 Å². The van der Waals surface area contributed by atoms with Crippen LogP contribution in [0, 0.1) is 5.92 Å². The first-order valence-corrected chi connectivity index (χ1v) is 8.20. The number of aromatic nitrogens is 2. The molecular formula is C16H19BrN4O. The fourth-order valence-electron chi connectivity index (χ4n) is 2.94. The maximum Gasteiger partial charge on any atom is 0.274 e. The maximum absolute atomic E-state index is 12.6. The molecule has 116 valence electrons. The zero-order valence-electron chi connectivity index (χ0n) is 12.4. The smallest absolute Gasteiger partial charge is 0.274 e. The van der Waals surface area contributed by atoms with Gasteiger partial charge >= 0.3 is 0 Å². The van der Waals surface area contributed by atoms with Gasteiger partial charge < -0.3 is 10.6 Å². The third kappa shape index (κ3) is 2.94. The summed E-state index contributed by atoms with van der Waals surface area (Å²) < 4.78 is 2.70. The van der Waals surface area contributed by atoms with Gasteiger partial charge in [-0.25, -0.2) is 4.68 Å². The highest BCUT2D eigenvalue weighted by Gasteiger charge is 2.32. The number of carbonyl (C=O) groups excluding carboxylic acids is 1. The minimum absolute atomic E-state index is 0.0165. The molecule has 0 spiro atoms. The molecule has 0 bridgehead atoms. The molecule has 0 radical (unpaired) electrons. The van der Waals surface area contributed by atoms with Crippen LogP contribution in [-0.4, -0.2) is 39.7 Å². The summed E-state index contributed by atoms with van der Waals surface area (Å²) in [7, 11) is 0. The lowest BCUT2D eigenvalue weighted by atomic mass is 10.1. The molecule has 2 heterocycles. The topological polar surface area (TPSA) is 64.2 Å². The molecule has 0 saturated carbocycles. The third-order valence-electron chi connectivity index (χ3n) is 4.14. The molecule has 1 fully saturated rings. The molecule has 22 heavy (non-hydrogen) atoms. The Morgan fingerprint density at radius 3 is 2.95 bits per heavy atom. The summed E-state index contributed by atoms with van der Waals surface area (Å²) in [5.74, 6) is 0.378. The van der Waals surface area contributed by atoms with Gasteiger partial charge in [0.05, 0.1) is 5.69 Å². The largest absolute Gasteiger partial charge is 0.334 e. The molecular weight excluding hydrogens is 344 g/mol. The third-order valence-corrected chi connectivity index (χ3v) is 4.63. The van der Waals surface area contributed by atoms with Crippen molar-refractivity contribution in [3.8, 4) is 5.69 Å². The van der Waals surface area contributed by atoms with Crippen molar-refractivity contribution in [2.24, 2.45) is 11.7 Å². The molecule has 1 aromatic heterocycles. The molecule has 1 aliphatic rings. The van der Waals surface area contributed by atoms with E-state index in [0.717, 1.165) is 23.1 Å². The molecule has 2 atom stereocenters. The van der Waals surface area contributed by atoms with Crippen LogP contribution in [0.15, 0.2) is 41.0 Å². The van der Waals surface area contributed by atoms with Gasteiger partial charge in [-0.2, -0.15) is 5.10 Å². The van der Waals surface area contributed by atoms with Crippen LogP contribution in [0.1, 0.15) is 23.8 Å². The van der Waals surface area contributed by atoms with E-state index < -0.39 is 0 Å². The Morgan fingerprint density at radius 1 is 1.45 bits per heavy atom. The number of nitrogens with two attached hydrogens (primary N) is 1. The minimum Gasteiger partial charge on any atom is -0.334 e. The number of carbonyl (C=O) groups is 1. The van der Waals surface area contributed by atoms with Crippen molar-refractivity contribution < 1.29 is 4.79 Å². The predicted octanol–water partition coefficient (Wildman–Crippen LogP) is 2.44. The van der Waals surface area contributed by atoms with E-state index in [9.17, 15) is 4.79 Å². The Kier molecular flexibility index (Phi) is 4.31. The van der Waals surface area contributed by atoms with Gasteiger partial charge in [-0.3, -0.25) is 4.79 Å². The Bertz CT molecular complexity index is 684. The van der Waals surface area contributed by atoms with Crippen LogP contribution >= 0.6 is 15.9 Å². The van der Waals surface area contributed by atoms with Crippen molar-refractivity contribution in [3.05, 3.63) is 46.7 Å². The van der Waals surface area contributed by atoms with Gasteiger partial charge in [0.25, 0.3) is 5.91 Å². The summed E-state index contributed by atoms with van der Waals surface area (Å²) in [5, 5.41) is 4.42. The van der Waals surface area contributed by atoms with E-state index in [1.54, 1.807) is 10.7 Å². The quantitative estimate of drug-likeness (QED) is 0.911. The molecule has 1 amide bonds. The van der Waals surface area contributed by atoms with Crippen molar-refractivity contribution in [2.75, 3.05) is 13.1 Å². The highest BCUT2D eigenvalue weighted by molar-refractivity contribution is 9.10. The van der Waals surface area contributed by atoms with Crippen LogP contribution in [0.2, 0.25) is 0 Å². The fourth-order valence-corrected chi connectivity index (χ4v) is 3.33. The van der Waals surface area contributed by atoms with E-state index in [-0.39, 0.29) is 11.9 Å². The maximum atomic E-state index is 12.6. The van der Waals surface area contributed by atoms with Gasteiger partial charge in [-0.15, -0.1) is 0 Å². The monoisotopic (exact) mass is 362 g/mol. The number of halogens is 1. The second-order valence-electron chi connectivity index (χ2n) is 5.77. The number of hydrogen-bond acceptors (Lipinski definition) is 3. The highest BCUT2D eigenvalue weighted by Crippen LogP contribution is 2.24. The number of benzene rings is 1. The van der Waals surface area contributed by atoms with Gasteiger partial charge in [0.15, 0.2) is 5.69 Å². The standard InChI is InChI=1S/C16H19BrN4O/c1-11-7-12(9-18)10-20(11)16(22)15-5-6-21(19-15)14-4-2-3-13(17)8-14/h2-6,8,11-12H,7,9-10,18H2,1H3. The lowest BCUT2D eigenvalue weighted by molar-refractivity contribution is 0.0737. The lowest BCUT2D eigenvalue weighted by Gasteiger charge is -2.20. The van der Waals surface area contributed by atoms with Crippen LogP contribution in [-0.2, 0) is 0 Å². The van der Waals surface area contributed by atoms with Crippen molar-refractivity contribution in [3.63, 3.8) is 0 Å². The molecule has 2 N–H and O–H groups in total. The number of likely N-dealkylation sites (tertiary alicyclic amines) is 1. The average molecular weight is 363 g/mol. The number of hydrogen-bond donors (Lipinski definition) is 1. The molecule has 2 unspecified atom stereocenters. The van der Waals surface area contributed by atoms with Crippen molar-refractivity contribution >= 4 is 21.8 Å². The second-order valence-corrected chi connectivity index (χ2v) is 6.69. The summed E-state index contributed by atoms with van der Waals surface area (Å²) in [6.45, 7) is 3.42. The summed E-state index contributed by atoms with van der Waals surface area (Å²) >= 11 is 3.44. The van der Waals surface area contributed by atoms with E-state index in [1.807, 2.05) is 35.4 Å². The average Bonchev–Trinajstić information content (AvgIpc) is 3.13. The van der Waals surface area contributed by atoms with Crippen LogP contribution < -0.4 is 5.73 Å². The molecule has 5 nitrogen and oxygen atoms in total. The molecule has 1 saturated heterocycles. The summed E-state index contributed by atoms with van der Waals surface area (Å²) in [5.41, 5.74) is 7.12. The normalized spacial score (nSPS) is 21.3. The van der Waals surface area contributed by atoms with Crippen LogP contribution in [0.4, 0.5) is 0 Å². The van der Waals surface area contributed by atoms with Crippen molar-refractivity contribution in [2.45, 2.75) is 19.4 Å². The van der Waals surface area contributed by atoms with E-state index in [4.69, 9.17) is 5.73 Å². The zero-order valence-corrected chi connectivity index (χ0v) is 14.0. The highest BCUT2D eigenvalue weighted by atomic mass is 79.9. The van der Waals surface area contributed by atoms with Gasteiger partial charge in [-0.05, 0) is 50.1 Å². The Balaban J connectivity index is 1.80. The fraction of sp³-hybridized carbons (Fsp3) is 0.375. The summed E-state index contributed by atoms with van der Waals surface area (Å²) in [6.07, 6.45) is 2.78. The first-order valence-electron chi connectivity index (χ1n) is 7.41. The molecule has 1 aliphatic heterocycles. The van der Waals surface area contributed by atoms with Crippen LogP contribution in [0.5, 0.6) is 0 Å². The molecule has 1 aromatic carbocycles. The van der Waals surface area contributed by atoms with Gasteiger partial charge in [0.1, 0.15) is 0 Å². The van der Waals surface area contributed by atoms with E-state index in [0.29, 0.717) is 18.2 Å². The zero-order chi connectivity index (χ0) is 15.7. The Hall–Kier alpha value is -1.66. The lowest BCUT2D eigenvalue weighted by Crippen LogP contribution is -2.34. The van der Waals surface area contributed by atoms with E-state index in [1.165, 1.54) is 0 Å². The molecule has 0 aliphatic carbocycles. The van der Waals surface area contributed by atoms with Crippen LogP contribution in [0.3, 0.4) is 0 Å². The van der Waals surface area contributed by atoms with Crippen molar-refractivity contribution in [1.29, 1.82) is 0 Å². The minimum atomic E-state index is -0.0165. The van der Waals surface area contributed by atoms with Crippen LogP contribution in [0.25, 0.3) is 5.69 Å². The Morgan fingerprint density at radius 2 is 2.27 bits per heavy atom. The Labute approximate surface area is 138 Å². The number of rotatable bonds is 3. The predicted molar refractivity (Wildman–Crippen MR) is 88.9 cm³/mol. The first-order chi connectivity index (χ1) is 10.6.